The van der Waals surface area contributed by atoms with Crippen LogP contribution < -0.4 is 10.2 Å². The quantitative estimate of drug-likeness (QED) is 0.918. The fourth-order valence-corrected chi connectivity index (χ4v) is 2.26. The average molecular weight is 321 g/mol. The number of hydrogen-bond donors (Lipinski definition) is 1. The summed E-state index contributed by atoms with van der Waals surface area (Å²) in [6, 6.07) is 16.3. The molecular weight excluding hydrogens is 302 g/mol. The Bertz CT molecular complexity index is 759. The van der Waals surface area contributed by atoms with Gasteiger partial charge in [-0.1, -0.05) is 17.7 Å². The maximum absolute atomic E-state index is 12.1. The molecule has 0 aromatic heterocycles. The molecule has 0 aliphatic carbocycles. The third-order valence-corrected chi connectivity index (χ3v) is 3.59. The molecule has 0 spiro atoms. The average Bonchev–Trinajstić information content (AvgIpc) is 2.57. The highest BCUT2D eigenvalue weighted by Crippen LogP contribution is 2.16. The predicted molar refractivity (Wildman–Crippen MR) is 93.6 cm³/mol. The Kier molecular flexibility index (Phi) is 5.69. The van der Waals surface area contributed by atoms with E-state index in [9.17, 15) is 9.59 Å². The van der Waals surface area contributed by atoms with E-state index in [1.807, 2.05) is 37.3 Å². The standard InChI is InChI=1S/C19H19N3O2/c1-14-3-9-18(10-4-14)22(15(2)23)12-11-19(24)21-17-7-5-16(13-20)6-8-17/h3-10H,11-12H2,1-2H3,(H,21,24). The van der Waals surface area contributed by atoms with Crippen LogP contribution in [0.5, 0.6) is 0 Å². The number of nitriles is 1. The van der Waals surface area contributed by atoms with Gasteiger partial charge in [0.2, 0.25) is 11.8 Å². The molecule has 2 aromatic carbocycles. The maximum atomic E-state index is 12.1. The molecule has 2 rings (SSSR count). The van der Waals surface area contributed by atoms with E-state index in [4.69, 9.17) is 5.26 Å². The van der Waals surface area contributed by atoms with Crippen molar-refractivity contribution in [1.82, 2.24) is 0 Å². The van der Waals surface area contributed by atoms with Crippen molar-refractivity contribution in [3.05, 3.63) is 59.7 Å². The number of amides is 2. The second kappa shape index (κ2) is 7.93. The summed E-state index contributed by atoms with van der Waals surface area (Å²) in [6.07, 6.45) is 0.188. The number of benzene rings is 2. The number of anilines is 2. The Morgan fingerprint density at radius 2 is 1.71 bits per heavy atom. The highest BCUT2D eigenvalue weighted by atomic mass is 16.2. The predicted octanol–water partition coefficient (Wildman–Crippen LogP) is 3.25. The molecule has 0 fully saturated rings. The van der Waals surface area contributed by atoms with Gasteiger partial charge in [-0.15, -0.1) is 0 Å². The minimum atomic E-state index is -0.182. The molecule has 2 amide bonds. The number of nitrogens with zero attached hydrogens (tertiary/aromatic N) is 2. The molecular formula is C19H19N3O2. The van der Waals surface area contributed by atoms with Crippen molar-refractivity contribution >= 4 is 23.2 Å². The lowest BCUT2D eigenvalue weighted by Crippen LogP contribution is -2.31. The van der Waals surface area contributed by atoms with Crippen LogP contribution in [0.2, 0.25) is 0 Å². The summed E-state index contributed by atoms with van der Waals surface area (Å²) in [6.45, 7) is 3.77. The second-order valence-electron chi connectivity index (χ2n) is 5.49. The number of carbonyl (C=O) groups excluding carboxylic acids is 2. The Morgan fingerprint density at radius 1 is 1.08 bits per heavy atom. The topological polar surface area (TPSA) is 73.2 Å². The summed E-state index contributed by atoms with van der Waals surface area (Å²) in [7, 11) is 0. The molecule has 0 radical (unpaired) electrons. The monoisotopic (exact) mass is 321 g/mol. The van der Waals surface area contributed by atoms with Crippen LogP contribution in [-0.2, 0) is 9.59 Å². The number of carbonyl (C=O) groups is 2. The highest BCUT2D eigenvalue weighted by molar-refractivity contribution is 5.94. The molecule has 5 nitrogen and oxygen atoms in total. The Labute approximate surface area is 141 Å². The van der Waals surface area contributed by atoms with Crippen LogP contribution in [0.1, 0.15) is 24.5 Å². The zero-order valence-electron chi connectivity index (χ0n) is 13.7. The molecule has 0 heterocycles. The molecule has 0 aliphatic rings. The van der Waals surface area contributed by atoms with Crippen molar-refractivity contribution in [2.45, 2.75) is 20.3 Å². The first kappa shape index (κ1) is 17.2. The minimum Gasteiger partial charge on any atom is -0.326 e. The lowest BCUT2D eigenvalue weighted by Gasteiger charge is -2.21. The second-order valence-corrected chi connectivity index (χ2v) is 5.49. The van der Waals surface area contributed by atoms with Crippen molar-refractivity contribution in [3.8, 4) is 6.07 Å². The molecule has 2 aromatic rings. The van der Waals surface area contributed by atoms with E-state index in [0.29, 0.717) is 17.8 Å². The first-order chi connectivity index (χ1) is 11.5. The van der Waals surface area contributed by atoms with Crippen LogP contribution >= 0.6 is 0 Å². The first-order valence-electron chi connectivity index (χ1n) is 7.64. The van der Waals surface area contributed by atoms with Crippen molar-refractivity contribution in [1.29, 1.82) is 5.26 Å². The molecule has 122 valence electrons. The summed E-state index contributed by atoms with van der Waals surface area (Å²) >= 11 is 0. The van der Waals surface area contributed by atoms with Crippen molar-refractivity contribution in [2.24, 2.45) is 0 Å². The first-order valence-corrected chi connectivity index (χ1v) is 7.64. The van der Waals surface area contributed by atoms with Crippen LogP contribution in [0.3, 0.4) is 0 Å². The summed E-state index contributed by atoms with van der Waals surface area (Å²) in [5.41, 5.74) is 3.05. The molecule has 5 heteroatoms. The summed E-state index contributed by atoms with van der Waals surface area (Å²) in [5, 5.41) is 11.5. The molecule has 0 atom stereocenters. The van der Waals surface area contributed by atoms with Crippen molar-refractivity contribution in [3.63, 3.8) is 0 Å². The van der Waals surface area contributed by atoms with E-state index in [1.54, 1.807) is 29.2 Å². The van der Waals surface area contributed by atoms with Gasteiger partial charge in [0, 0.05) is 31.3 Å². The molecule has 1 N–H and O–H groups in total. The number of rotatable bonds is 5. The van der Waals surface area contributed by atoms with Gasteiger partial charge < -0.3 is 10.2 Å². The van der Waals surface area contributed by atoms with E-state index >= 15 is 0 Å². The Balaban J connectivity index is 1.96. The number of aryl methyl sites for hydroxylation is 1. The minimum absolute atomic E-state index is 0.106. The Morgan fingerprint density at radius 3 is 2.25 bits per heavy atom. The van der Waals surface area contributed by atoms with E-state index in [0.717, 1.165) is 11.3 Å². The Hall–Kier alpha value is -3.13. The number of hydrogen-bond acceptors (Lipinski definition) is 3. The van der Waals surface area contributed by atoms with Crippen molar-refractivity contribution in [2.75, 3.05) is 16.8 Å². The normalized spacial score (nSPS) is 9.88. The van der Waals surface area contributed by atoms with Gasteiger partial charge in [-0.3, -0.25) is 9.59 Å². The van der Waals surface area contributed by atoms with Crippen LogP contribution in [0, 0.1) is 18.3 Å². The van der Waals surface area contributed by atoms with E-state index in [1.165, 1.54) is 6.92 Å². The lowest BCUT2D eigenvalue weighted by molar-refractivity contribution is -0.117. The van der Waals surface area contributed by atoms with E-state index < -0.39 is 0 Å². The fraction of sp³-hybridized carbons (Fsp3) is 0.211. The zero-order valence-corrected chi connectivity index (χ0v) is 13.7. The largest absolute Gasteiger partial charge is 0.326 e. The smallest absolute Gasteiger partial charge is 0.226 e. The molecule has 0 unspecified atom stereocenters. The van der Waals surface area contributed by atoms with Crippen molar-refractivity contribution < 1.29 is 9.59 Å². The summed E-state index contributed by atoms with van der Waals surface area (Å²) < 4.78 is 0. The highest BCUT2D eigenvalue weighted by Gasteiger charge is 2.13. The van der Waals surface area contributed by atoms with E-state index in [2.05, 4.69) is 5.32 Å². The van der Waals surface area contributed by atoms with E-state index in [-0.39, 0.29) is 18.2 Å². The maximum Gasteiger partial charge on any atom is 0.226 e. The lowest BCUT2D eigenvalue weighted by atomic mass is 10.2. The SMILES string of the molecule is CC(=O)N(CCC(=O)Nc1ccc(C#N)cc1)c1ccc(C)cc1. The summed E-state index contributed by atoms with van der Waals surface area (Å²) in [4.78, 5) is 25.5. The molecule has 0 saturated heterocycles. The van der Waals surface area contributed by atoms with Crippen LogP contribution in [0.4, 0.5) is 11.4 Å². The number of nitrogens with one attached hydrogen (secondary N) is 1. The van der Waals surface area contributed by atoms with Gasteiger partial charge in [0.1, 0.15) is 0 Å². The van der Waals surface area contributed by atoms with Crippen LogP contribution in [0.15, 0.2) is 48.5 Å². The van der Waals surface area contributed by atoms with Gasteiger partial charge in [0.05, 0.1) is 11.6 Å². The van der Waals surface area contributed by atoms with Gasteiger partial charge >= 0.3 is 0 Å². The third-order valence-electron chi connectivity index (χ3n) is 3.59. The van der Waals surface area contributed by atoms with Gasteiger partial charge in [0.25, 0.3) is 0 Å². The molecule has 0 aliphatic heterocycles. The molecule has 24 heavy (non-hydrogen) atoms. The van der Waals surface area contributed by atoms with Gasteiger partial charge in [-0.05, 0) is 43.3 Å². The molecule has 0 saturated carbocycles. The van der Waals surface area contributed by atoms with Crippen LogP contribution in [-0.4, -0.2) is 18.4 Å². The zero-order chi connectivity index (χ0) is 17.5. The van der Waals surface area contributed by atoms with Crippen LogP contribution in [0.25, 0.3) is 0 Å². The van der Waals surface area contributed by atoms with Gasteiger partial charge in [0.15, 0.2) is 0 Å². The fourth-order valence-electron chi connectivity index (χ4n) is 2.26. The summed E-state index contributed by atoms with van der Waals surface area (Å²) in [5.74, 6) is -0.289. The van der Waals surface area contributed by atoms with Gasteiger partial charge in [-0.25, -0.2) is 0 Å². The molecule has 0 bridgehead atoms. The van der Waals surface area contributed by atoms with Gasteiger partial charge in [-0.2, -0.15) is 5.26 Å². The third kappa shape index (κ3) is 4.68.